The van der Waals surface area contributed by atoms with Gasteiger partial charge in [-0.15, -0.1) is 10.2 Å². The number of methoxy groups -OCH3 is 1. The van der Waals surface area contributed by atoms with E-state index in [2.05, 4.69) is 22.4 Å². The Morgan fingerprint density at radius 3 is 2.59 bits per heavy atom. The molecule has 1 heterocycles. The summed E-state index contributed by atoms with van der Waals surface area (Å²) in [6, 6.07) is 15.2. The summed E-state index contributed by atoms with van der Waals surface area (Å²) in [5.41, 5.74) is 1.98. The number of anilines is 1. The third kappa shape index (κ3) is 4.62. The highest BCUT2D eigenvalue weighted by atomic mass is 32.1. The van der Waals surface area contributed by atoms with Crippen molar-refractivity contribution in [2.24, 2.45) is 0 Å². The van der Waals surface area contributed by atoms with Gasteiger partial charge in [0.1, 0.15) is 16.5 Å². The molecular formula is C20H21N3O3S. The number of nitrogens with one attached hydrogen (secondary N) is 1. The first-order valence-corrected chi connectivity index (χ1v) is 9.45. The molecule has 1 atom stereocenters. The number of carbonyl (C=O) groups excluding carboxylic acids is 1. The molecule has 7 heteroatoms. The maximum atomic E-state index is 12.4. The highest BCUT2D eigenvalue weighted by Crippen LogP contribution is 2.28. The number of aromatic nitrogens is 2. The van der Waals surface area contributed by atoms with Crippen LogP contribution in [0.4, 0.5) is 5.13 Å². The van der Waals surface area contributed by atoms with Crippen LogP contribution in [0, 0.1) is 0 Å². The van der Waals surface area contributed by atoms with Crippen molar-refractivity contribution < 1.29 is 14.3 Å². The molecular weight excluding hydrogens is 362 g/mol. The van der Waals surface area contributed by atoms with Crippen molar-refractivity contribution in [3.8, 4) is 22.1 Å². The summed E-state index contributed by atoms with van der Waals surface area (Å²) in [6.45, 7) is 3.77. The van der Waals surface area contributed by atoms with Crippen molar-refractivity contribution >= 4 is 22.4 Å². The summed E-state index contributed by atoms with van der Waals surface area (Å²) in [4.78, 5) is 12.4. The van der Waals surface area contributed by atoms with Crippen LogP contribution in [0.3, 0.4) is 0 Å². The highest BCUT2D eigenvalue weighted by molar-refractivity contribution is 7.18. The molecule has 3 aromatic rings. The lowest BCUT2D eigenvalue weighted by molar-refractivity contribution is -0.122. The molecule has 140 valence electrons. The SMILES string of the molecule is CCc1ccccc1O[C@@H](C)C(=O)Nc1nnc(-c2ccc(OC)cc2)s1. The van der Waals surface area contributed by atoms with Gasteiger partial charge in [-0.3, -0.25) is 10.1 Å². The van der Waals surface area contributed by atoms with Crippen LogP contribution in [-0.2, 0) is 11.2 Å². The van der Waals surface area contributed by atoms with Gasteiger partial charge in [-0.2, -0.15) is 0 Å². The first-order valence-electron chi connectivity index (χ1n) is 8.64. The predicted molar refractivity (Wildman–Crippen MR) is 106 cm³/mol. The van der Waals surface area contributed by atoms with Crippen molar-refractivity contribution in [3.63, 3.8) is 0 Å². The monoisotopic (exact) mass is 383 g/mol. The summed E-state index contributed by atoms with van der Waals surface area (Å²) in [7, 11) is 1.62. The molecule has 0 unspecified atom stereocenters. The maximum absolute atomic E-state index is 12.4. The van der Waals surface area contributed by atoms with Gasteiger partial charge in [-0.25, -0.2) is 0 Å². The van der Waals surface area contributed by atoms with Crippen molar-refractivity contribution in [2.45, 2.75) is 26.4 Å². The van der Waals surface area contributed by atoms with Gasteiger partial charge in [0.25, 0.3) is 5.91 Å². The van der Waals surface area contributed by atoms with Crippen LogP contribution in [0.15, 0.2) is 48.5 Å². The minimum Gasteiger partial charge on any atom is -0.497 e. The molecule has 0 aliphatic heterocycles. The lowest BCUT2D eigenvalue weighted by atomic mass is 10.1. The number of aryl methyl sites for hydroxylation is 1. The van der Waals surface area contributed by atoms with E-state index in [1.165, 1.54) is 11.3 Å². The quantitative estimate of drug-likeness (QED) is 0.662. The predicted octanol–water partition coefficient (Wildman–Crippen LogP) is 4.18. The fourth-order valence-electron chi connectivity index (χ4n) is 2.49. The van der Waals surface area contributed by atoms with Crippen molar-refractivity contribution in [2.75, 3.05) is 12.4 Å². The molecule has 0 saturated carbocycles. The smallest absolute Gasteiger partial charge is 0.266 e. The molecule has 0 fully saturated rings. The van der Waals surface area contributed by atoms with Gasteiger partial charge in [0, 0.05) is 5.56 Å². The van der Waals surface area contributed by atoms with Gasteiger partial charge in [0.15, 0.2) is 6.10 Å². The minimum atomic E-state index is -0.647. The van der Waals surface area contributed by atoms with E-state index < -0.39 is 6.10 Å². The van der Waals surface area contributed by atoms with E-state index >= 15 is 0 Å². The van der Waals surface area contributed by atoms with Crippen LogP contribution in [0.5, 0.6) is 11.5 Å². The van der Waals surface area contributed by atoms with Crippen molar-refractivity contribution in [1.29, 1.82) is 0 Å². The van der Waals surface area contributed by atoms with Crippen LogP contribution in [0.25, 0.3) is 10.6 Å². The second kappa shape index (κ2) is 8.64. The minimum absolute atomic E-state index is 0.265. The molecule has 1 N–H and O–H groups in total. The fraction of sp³-hybridized carbons (Fsp3) is 0.250. The van der Waals surface area contributed by atoms with Gasteiger partial charge in [-0.05, 0) is 49.2 Å². The number of ether oxygens (including phenoxy) is 2. The second-order valence-electron chi connectivity index (χ2n) is 5.85. The molecule has 0 saturated heterocycles. The zero-order valence-electron chi connectivity index (χ0n) is 15.4. The van der Waals surface area contributed by atoms with E-state index in [1.807, 2.05) is 48.5 Å². The molecule has 1 aromatic heterocycles. The first kappa shape index (κ1) is 18.8. The van der Waals surface area contributed by atoms with E-state index in [0.717, 1.165) is 34.1 Å². The lowest BCUT2D eigenvalue weighted by Gasteiger charge is -2.15. The Hall–Kier alpha value is -2.93. The summed E-state index contributed by atoms with van der Waals surface area (Å²) < 4.78 is 11.0. The van der Waals surface area contributed by atoms with E-state index in [9.17, 15) is 4.79 Å². The van der Waals surface area contributed by atoms with Crippen molar-refractivity contribution in [3.05, 3.63) is 54.1 Å². The summed E-state index contributed by atoms with van der Waals surface area (Å²) in [5, 5.41) is 12.1. The van der Waals surface area contributed by atoms with E-state index in [4.69, 9.17) is 9.47 Å². The summed E-state index contributed by atoms with van der Waals surface area (Å²) in [5.74, 6) is 1.23. The number of rotatable bonds is 7. The van der Waals surface area contributed by atoms with Gasteiger partial charge in [0.05, 0.1) is 7.11 Å². The average Bonchev–Trinajstić information content (AvgIpc) is 3.16. The number of benzene rings is 2. The molecule has 0 bridgehead atoms. The van der Waals surface area contributed by atoms with Gasteiger partial charge >= 0.3 is 0 Å². The molecule has 6 nitrogen and oxygen atoms in total. The highest BCUT2D eigenvalue weighted by Gasteiger charge is 2.18. The Labute approximate surface area is 162 Å². The normalized spacial score (nSPS) is 11.7. The van der Waals surface area contributed by atoms with Crippen molar-refractivity contribution in [1.82, 2.24) is 10.2 Å². The molecule has 27 heavy (non-hydrogen) atoms. The Kier molecular flexibility index (Phi) is 6.03. The maximum Gasteiger partial charge on any atom is 0.266 e. The Balaban J connectivity index is 1.64. The number of nitrogens with zero attached hydrogens (tertiary/aromatic N) is 2. The number of hydrogen-bond acceptors (Lipinski definition) is 6. The molecule has 1 amide bonds. The zero-order chi connectivity index (χ0) is 19.2. The van der Waals surface area contributed by atoms with Crippen LogP contribution in [0.1, 0.15) is 19.4 Å². The number of para-hydroxylation sites is 1. The standard InChI is InChI=1S/C20H21N3O3S/c1-4-14-7-5-6-8-17(14)26-13(2)18(24)21-20-23-22-19(27-20)15-9-11-16(25-3)12-10-15/h5-13H,4H2,1-3H3,(H,21,23,24)/t13-/m0/s1. The summed E-state index contributed by atoms with van der Waals surface area (Å²) >= 11 is 1.31. The molecule has 0 spiro atoms. The van der Waals surface area contributed by atoms with E-state index in [1.54, 1.807) is 14.0 Å². The van der Waals surface area contributed by atoms with Crippen LogP contribution in [0.2, 0.25) is 0 Å². The van der Waals surface area contributed by atoms with Gasteiger partial charge in [-0.1, -0.05) is 36.5 Å². The largest absolute Gasteiger partial charge is 0.497 e. The molecule has 0 aliphatic carbocycles. The van der Waals surface area contributed by atoms with Crippen LogP contribution < -0.4 is 14.8 Å². The number of carbonyl (C=O) groups is 1. The fourth-order valence-corrected chi connectivity index (χ4v) is 3.24. The Bertz CT molecular complexity index is 909. The second-order valence-corrected chi connectivity index (χ2v) is 6.83. The third-order valence-corrected chi connectivity index (χ3v) is 4.91. The van der Waals surface area contributed by atoms with Gasteiger partial charge in [0.2, 0.25) is 5.13 Å². The van der Waals surface area contributed by atoms with Crippen LogP contribution in [-0.4, -0.2) is 29.3 Å². The molecule has 2 aromatic carbocycles. The molecule has 0 aliphatic rings. The van der Waals surface area contributed by atoms with E-state index in [-0.39, 0.29) is 5.91 Å². The topological polar surface area (TPSA) is 73.3 Å². The third-order valence-electron chi connectivity index (χ3n) is 4.02. The Morgan fingerprint density at radius 1 is 1.15 bits per heavy atom. The first-order chi connectivity index (χ1) is 13.1. The van der Waals surface area contributed by atoms with E-state index in [0.29, 0.717) is 5.13 Å². The Morgan fingerprint density at radius 2 is 1.89 bits per heavy atom. The number of hydrogen-bond donors (Lipinski definition) is 1. The van der Waals surface area contributed by atoms with Gasteiger partial charge < -0.3 is 9.47 Å². The zero-order valence-corrected chi connectivity index (χ0v) is 16.2. The average molecular weight is 383 g/mol. The number of amides is 1. The van der Waals surface area contributed by atoms with Crippen LogP contribution >= 0.6 is 11.3 Å². The molecule has 0 radical (unpaired) electrons. The molecule has 3 rings (SSSR count). The lowest BCUT2D eigenvalue weighted by Crippen LogP contribution is -2.30. The summed E-state index contributed by atoms with van der Waals surface area (Å²) in [6.07, 6.45) is 0.192.